The quantitative estimate of drug-likeness (QED) is 0.149. The smallest absolute Gasteiger partial charge is 0.386 e. The number of hydrogen-bond acceptors (Lipinski definition) is 16. The van der Waals surface area contributed by atoms with Crippen LogP contribution in [0.1, 0.15) is 12.3 Å². The molecule has 6 N–H and O–H groups in total. The molecule has 238 valence electrons. The van der Waals surface area contributed by atoms with Crippen LogP contribution in [0.25, 0.3) is 11.2 Å². The van der Waals surface area contributed by atoms with Crippen molar-refractivity contribution in [1.29, 1.82) is 0 Å². The summed E-state index contributed by atoms with van der Waals surface area (Å²) in [6, 6.07) is 0.0454. The Kier molecular flexibility index (Phi) is 7.11. The van der Waals surface area contributed by atoms with E-state index in [2.05, 4.69) is 44.4 Å². The highest BCUT2D eigenvalue weighted by Crippen LogP contribution is 2.67. The summed E-state index contributed by atoms with van der Waals surface area (Å²) in [5, 5.41) is 11.1. The number of thiol groups is 2. The van der Waals surface area contributed by atoms with E-state index in [1.807, 2.05) is 0 Å². The maximum Gasteiger partial charge on any atom is 0.386 e. The number of aliphatic hydroxyl groups excluding tert-OH is 1. The zero-order chi connectivity index (χ0) is 31.3. The van der Waals surface area contributed by atoms with E-state index >= 15 is 4.39 Å². The second kappa shape index (κ2) is 10.3. The second-order valence-corrected chi connectivity index (χ2v) is 16.1. The van der Waals surface area contributed by atoms with Gasteiger partial charge in [0.1, 0.15) is 48.5 Å². The highest BCUT2D eigenvalue weighted by atomic mass is 32.7. The summed E-state index contributed by atoms with van der Waals surface area (Å²) >= 11 is 7.99. The first-order valence-corrected chi connectivity index (χ1v) is 18.1. The van der Waals surface area contributed by atoms with Gasteiger partial charge in [-0.2, -0.15) is 9.97 Å². The van der Waals surface area contributed by atoms with Crippen LogP contribution in [0.4, 0.5) is 16.2 Å². The summed E-state index contributed by atoms with van der Waals surface area (Å²) in [4.78, 5) is 38.6. The Morgan fingerprint density at radius 2 is 1.75 bits per heavy atom. The minimum Gasteiger partial charge on any atom is -0.387 e. The maximum absolute atomic E-state index is 16.4. The molecule has 0 amide bonds. The SMILES string of the molecule is Nc1ccn([C@@H]2C3O[C@@H]4CO[P@@](=O)(S)OC5C(O)[C@@H](CO[P@@](=O)(S)OC4C32F)O[C@H]5n2cnc3c(=O)[nH]c(N)nc32)c(=O)n1. The van der Waals surface area contributed by atoms with Gasteiger partial charge in [0.05, 0.1) is 19.5 Å². The number of nitrogen functional groups attached to an aromatic ring is 2. The lowest BCUT2D eigenvalue weighted by Crippen LogP contribution is -2.41. The molecule has 3 aliphatic heterocycles. The van der Waals surface area contributed by atoms with E-state index in [0.29, 0.717) is 0 Å². The Hall–Kier alpha value is -2.36. The van der Waals surface area contributed by atoms with Crippen LogP contribution in [0.2, 0.25) is 0 Å². The van der Waals surface area contributed by atoms with Crippen LogP contribution in [0.15, 0.2) is 28.2 Å². The van der Waals surface area contributed by atoms with E-state index in [1.54, 1.807) is 0 Å². The molecule has 3 saturated heterocycles. The van der Waals surface area contributed by atoms with Crippen molar-refractivity contribution in [2.24, 2.45) is 0 Å². The molecule has 44 heavy (non-hydrogen) atoms. The number of aromatic amines is 1. The number of rotatable bonds is 2. The molecule has 4 fully saturated rings. The predicted molar refractivity (Wildman–Crippen MR) is 152 cm³/mol. The molecule has 0 radical (unpaired) electrons. The van der Waals surface area contributed by atoms with E-state index in [4.69, 9.17) is 39.0 Å². The van der Waals surface area contributed by atoms with Gasteiger partial charge >= 0.3 is 19.3 Å². The average molecular weight is 697 g/mol. The van der Waals surface area contributed by atoms with Gasteiger partial charge in [-0.1, -0.05) is 24.5 Å². The first kappa shape index (κ1) is 30.3. The summed E-state index contributed by atoms with van der Waals surface area (Å²) in [7, 11) is 0. The number of H-pyrrole nitrogens is 1. The largest absolute Gasteiger partial charge is 0.387 e. The van der Waals surface area contributed by atoms with Crippen molar-refractivity contribution in [3.05, 3.63) is 39.4 Å². The van der Waals surface area contributed by atoms with E-state index < -0.39 is 92.6 Å². The highest BCUT2D eigenvalue weighted by Gasteiger charge is 2.81. The summed E-state index contributed by atoms with van der Waals surface area (Å²) < 4.78 is 78.9. The standard InChI is InChI=1S/C20H23FN8O11P2S2/c21-20-12(28-2-1-8(22)25-19(28)32)14(20)37-7-4-36-41(33,43)39-11-10(30)6(3-35-42(34,44)40-13(7)20)38-17(11)29-5-24-9-15(29)26-18(23)27-16(9)31/h1-2,5-7,10-14,17,30H,3-4H2,(H,33,43)(H,34,44)(H2,22,25,32)(H3,23,26,27,31)/t6-,7-,10?,11?,12-,13?,14?,17-,20?,41-,42-/m1/s1. The van der Waals surface area contributed by atoms with Gasteiger partial charge in [-0.3, -0.25) is 37.0 Å². The molecule has 4 aliphatic rings. The Labute approximate surface area is 254 Å². The van der Waals surface area contributed by atoms with Crippen LogP contribution in [0.3, 0.4) is 0 Å². The third-order valence-electron chi connectivity index (χ3n) is 7.66. The minimum absolute atomic E-state index is 0.0579. The van der Waals surface area contributed by atoms with Crippen LogP contribution >= 0.6 is 38.1 Å². The molecule has 24 heteroatoms. The first-order valence-electron chi connectivity index (χ1n) is 12.7. The molecule has 0 spiro atoms. The zero-order valence-electron chi connectivity index (χ0n) is 21.9. The van der Waals surface area contributed by atoms with Gasteiger partial charge in [0.25, 0.3) is 5.56 Å². The topological polar surface area (TPSA) is 260 Å². The first-order chi connectivity index (χ1) is 20.7. The van der Waals surface area contributed by atoms with Gasteiger partial charge in [0, 0.05) is 6.20 Å². The number of anilines is 2. The average Bonchev–Trinajstić information content (AvgIpc) is 3.21. The van der Waals surface area contributed by atoms with Crippen LogP contribution in [0, 0.1) is 0 Å². The lowest BCUT2D eigenvalue weighted by atomic mass is 10.1. The lowest BCUT2D eigenvalue weighted by Gasteiger charge is -2.29. The Morgan fingerprint density at radius 1 is 1.05 bits per heavy atom. The summed E-state index contributed by atoms with van der Waals surface area (Å²) in [5.74, 6) is -0.322. The Morgan fingerprint density at radius 3 is 2.48 bits per heavy atom. The van der Waals surface area contributed by atoms with E-state index in [1.165, 1.54) is 16.8 Å². The highest BCUT2D eigenvalue weighted by molar-refractivity contribution is 8.44. The van der Waals surface area contributed by atoms with E-state index in [0.717, 1.165) is 10.9 Å². The molecule has 6 heterocycles. The third-order valence-corrected chi connectivity index (χ3v) is 10.9. The van der Waals surface area contributed by atoms with Crippen molar-refractivity contribution >= 4 is 61.0 Å². The second-order valence-electron chi connectivity index (χ2n) is 10.4. The van der Waals surface area contributed by atoms with E-state index in [-0.39, 0.29) is 22.9 Å². The van der Waals surface area contributed by atoms with Crippen LogP contribution in [-0.2, 0) is 36.7 Å². The van der Waals surface area contributed by atoms with Gasteiger partial charge < -0.3 is 26.0 Å². The van der Waals surface area contributed by atoms with Crippen LogP contribution < -0.4 is 22.7 Å². The number of aliphatic hydroxyl groups is 1. The summed E-state index contributed by atoms with van der Waals surface area (Å²) in [6.45, 7) is -10.2. The van der Waals surface area contributed by atoms with Crippen molar-refractivity contribution in [3.63, 3.8) is 0 Å². The molecule has 2 bridgehead atoms. The molecule has 3 aromatic rings. The molecule has 11 atom stereocenters. The third kappa shape index (κ3) is 4.92. The van der Waals surface area contributed by atoms with Gasteiger partial charge in [0.15, 0.2) is 23.1 Å². The number of alkyl halides is 1. The predicted octanol–water partition coefficient (Wildman–Crippen LogP) is -0.277. The number of nitrogens with two attached hydrogens (primary N) is 2. The number of halogens is 1. The van der Waals surface area contributed by atoms with Crippen molar-refractivity contribution < 1.29 is 46.2 Å². The molecule has 19 nitrogen and oxygen atoms in total. The molecular weight excluding hydrogens is 673 g/mol. The fourth-order valence-electron chi connectivity index (χ4n) is 5.67. The van der Waals surface area contributed by atoms with Crippen molar-refractivity contribution in [3.8, 4) is 0 Å². The number of hydrogen-bond donors (Lipinski definition) is 6. The molecule has 1 saturated carbocycles. The van der Waals surface area contributed by atoms with Crippen molar-refractivity contribution in [2.75, 3.05) is 24.7 Å². The fourth-order valence-corrected chi connectivity index (χ4v) is 8.61. The number of fused-ring (bicyclic) bond motifs is 6. The van der Waals surface area contributed by atoms with Crippen molar-refractivity contribution in [2.45, 2.75) is 54.6 Å². The number of nitrogens with one attached hydrogen (secondary N) is 1. The monoisotopic (exact) mass is 696 g/mol. The van der Waals surface area contributed by atoms with Gasteiger partial charge in [0.2, 0.25) is 5.95 Å². The van der Waals surface area contributed by atoms with Gasteiger partial charge in [-0.25, -0.2) is 23.3 Å². The number of nitrogens with zero attached hydrogens (tertiary/aromatic N) is 5. The number of aromatic nitrogens is 6. The normalized spacial score (nSPS) is 42.2. The number of ether oxygens (including phenoxy) is 2. The molecule has 1 aliphatic carbocycles. The Balaban J connectivity index is 1.20. The molecule has 0 aromatic carbocycles. The van der Waals surface area contributed by atoms with E-state index in [9.17, 15) is 23.8 Å². The Bertz CT molecular complexity index is 1880. The minimum atomic E-state index is -4.45. The zero-order valence-corrected chi connectivity index (χ0v) is 25.4. The number of imidazole rings is 1. The fraction of sp³-hybridized carbons (Fsp3) is 0.550. The van der Waals surface area contributed by atoms with Gasteiger partial charge in [-0.05, 0) is 6.07 Å². The summed E-state index contributed by atoms with van der Waals surface area (Å²) in [6.07, 6.45) is -7.78. The molecule has 3 aromatic heterocycles. The van der Waals surface area contributed by atoms with Crippen LogP contribution in [-0.4, -0.2) is 89.7 Å². The molecular formula is C20H23FN8O11P2S2. The molecule has 5 unspecified atom stereocenters. The maximum atomic E-state index is 16.4. The summed E-state index contributed by atoms with van der Waals surface area (Å²) in [5.41, 5.74) is 7.07. The van der Waals surface area contributed by atoms with Crippen LogP contribution in [0.5, 0.6) is 0 Å². The van der Waals surface area contributed by atoms with Gasteiger partial charge in [-0.15, -0.1) is 0 Å². The molecule has 7 rings (SSSR count). The van der Waals surface area contributed by atoms with Crippen molar-refractivity contribution in [1.82, 2.24) is 29.1 Å². The lowest BCUT2D eigenvalue weighted by molar-refractivity contribution is -0.0602.